The molecular formula is C16H23FN2O. The van der Waals surface area contributed by atoms with Crippen molar-refractivity contribution in [2.75, 3.05) is 0 Å². The molecule has 0 saturated heterocycles. The van der Waals surface area contributed by atoms with Crippen LogP contribution in [0.2, 0.25) is 0 Å². The Bertz CT molecular complexity index is 468. The van der Waals surface area contributed by atoms with Crippen molar-refractivity contribution in [1.82, 2.24) is 5.32 Å². The summed E-state index contributed by atoms with van der Waals surface area (Å²) in [4.78, 5) is 11.7. The van der Waals surface area contributed by atoms with Gasteiger partial charge >= 0.3 is 0 Å². The molecule has 1 aromatic rings. The third-order valence-electron chi connectivity index (χ3n) is 4.07. The highest BCUT2D eigenvalue weighted by atomic mass is 19.1. The summed E-state index contributed by atoms with van der Waals surface area (Å²) < 4.78 is 13.7. The number of nitrogens with two attached hydrogens (primary N) is 1. The third kappa shape index (κ3) is 3.79. The van der Waals surface area contributed by atoms with Crippen molar-refractivity contribution in [3.8, 4) is 0 Å². The van der Waals surface area contributed by atoms with Crippen LogP contribution in [-0.2, 0) is 4.79 Å². The van der Waals surface area contributed by atoms with Crippen LogP contribution in [-0.4, -0.2) is 11.9 Å². The van der Waals surface area contributed by atoms with E-state index < -0.39 is 11.9 Å². The minimum atomic E-state index is -0.604. The monoisotopic (exact) mass is 278 g/mol. The molecule has 0 aliphatic heterocycles. The molecule has 3 nitrogen and oxygen atoms in total. The van der Waals surface area contributed by atoms with E-state index in [0.717, 1.165) is 12.8 Å². The zero-order valence-electron chi connectivity index (χ0n) is 12.0. The lowest BCUT2D eigenvalue weighted by Crippen LogP contribution is -2.40. The van der Waals surface area contributed by atoms with Gasteiger partial charge < -0.3 is 5.73 Å². The van der Waals surface area contributed by atoms with E-state index in [2.05, 4.69) is 5.32 Å². The Morgan fingerprint density at radius 2 is 1.95 bits per heavy atom. The van der Waals surface area contributed by atoms with Crippen LogP contribution in [0, 0.1) is 12.7 Å². The maximum absolute atomic E-state index is 13.7. The summed E-state index contributed by atoms with van der Waals surface area (Å²) in [5.41, 5.74) is 6.68. The summed E-state index contributed by atoms with van der Waals surface area (Å²) in [6.45, 7) is 1.71. The molecule has 1 aliphatic carbocycles. The van der Waals surface area contributed by atoms with Gasteiger partial charge in [0, 0.05) is 6.04 Å². The molecule has 0 aromatic heterocycles. The molecule has 2 rings (SSSR count). The predicted molar refractivity (Wildman–Crippen MR) is 77.7 cm³/mol. The first-order chi connectivity index (χ1) is 9.58. The summed E-state index contributed by atoms with van der Waals surface area (Å²) in [7, 11) is 0. The minimum absolute atomic E-state index is 0.291. The van der Waals surface area contributed by atoms with Gasteiger partial charge in [0.1, 0.15) is 11.9 Å². The first-order valence-corrected chi connectivity index (χ1v) is 7.39. The maximum Gasteiger partial charge on any atom is 0.239 e. The highest BCUT2D eigenvalue weighted by Gasteiger charge is 2.23. The Balaban J connectivity index is 2.13. The van der Waals surface area contributed by atoms with E-state index in [4.69, 9.17) is 5.73 Å². The van der Waals surface area contributed by atoms with Crippen molar-refractivity contribution in [2.45, 2.75) is 57.5 Å². The Labute approximate surface area is 119 Å². The molecule has 1 aromatic carbocycles. The number of hydrogen-bond donors (Lipinski definition) is 2. The SMILES string of the molecule is Cc1ccc(C(NC2CCCCCC2)C(N)=O)cc1F. The summed E-state index contributed by atoms with van der Waals surface area (Å²) in [6, 6.07) is 4.56. The van der Waals surface area contributed by atoms with Gasteiger partial charge in [0.25, 0.3) is 0 Å². The molecule has 1 atom stereocenters. The molecular weight excluding hydrogens is 255 g/mol. The number of aryl methyl sites for hydroxylation is 1. The zero-order valence-corrected chi connectivity index (χ0v) is 12.0. The summed E-state index contributed by atoms with van der Waals surface area (Å²) in [6.07, 6.45) is 6.95. The predicted octanol–water partition coefficient (Wildman–Crippen LogP) is 2.97. The van der Waals surface area contributed by atoms with Crippen LogP contribution in [0.5, 0.6) is 0 Å². The molecule has 20 heavy (non-hydrogen) atoms. The second-order valence-electron chi connectivity index (χ2n) is 5.70. The molecule has 0 heterocycles. The van der Waals surface area contributed by atoms with Crippen LogP contribution < -0.4 is 11.1 Å². The van der Waals surface area contributed by atoms with Gasteiger partial charge in [-0.2, -0.15) is 0 Å². The molecule has 1 unspecified atom stereocenters. The number of nitrogens with one attached hydrogen (secondary N) is 1. The number of rotatable bonds is 4. The largest absolute Gasteiger partial charge is 0.368 e. The van der Waals surface area contributed by atoms with Crippen molar-refractivity contribution in [3.63, 3.8) is 0 Å². The van der Waals surface area contributed by atoms with E-state index in [9.17, 15) is 9.18 Å². The van der Waals surface area contributed by atoms with E-state index in [1.165, 1.54) is 31.7 Å². The van der Waals surface area contributed by atoms with Crippen LogP contribution in [0.1, 0.15) is 55.7 Å². The normalized spacial score (nSPS) is 18.5. The number of primary amides is 1. The second-order valence-corrected chi connectivity index (χ2v) is 5.70. The topological polar surface area (TPSA) is 55.1 Å². The van der Waals surface area contributed by atoms with Gasteiger partial charge in [0.2, 0.25) is 5.91 Å². The molecule has 0 bridgehead atoms. The second kappa shape index (κ2) is 6.84. The number of amides is 1. The number of benzene rings is 1. The van der Waals surface area contributed by atoms with Gasteiger partial charge in [-0.05, 0) is 37.0 Å². The summed E-state index contributed by atoms with van der Waals surface area (Å²) >= 11 is 0. The van der Waals surface area contributed by atoms with Gasteiger partial charge in [-0.3, -0.25) is 10.1 Å². The molecule has 1 saturated carbocycles. The van der Waals surface area contributed by atoms with Gasteiger partial charge in [-0.15, -0.1) is 0 Å². The lowest BCUT2D eigenvalue weighted by molar-refractivity contribution is -0.120. The summed E-state index contributed by atoms with van der Waals surface area (Å²) in [5, 5.41) is 3.32. The van der Waals surface area contributed by atoms with E-state index in [-0.39, 0.29) is 5.82 Å². The summed E-state index contributed by atoms with van der Waals surface area (Å²) in [5.74, 6) is -0.742. The van der Waals surface area contributed by atoms with Gasteiger partial charge in [0.15, 0.2) is 0 Å². The molecule has 110 valence electrons. The van der Waals surface area contributed by atoms with Crippen molar-refractivity contribution in [1.29, 1.82) is 0 Å². The van der Waals surface area contributed by atoms with Crippen molar-refractivity contribution in [2.24, 2.45) is 5.73 Å². The highest BCUT2D eigenvalue weighted by Crippen LogP contribution is 2.22. The van der Waals surface area contributed by atoms with E-state index >= 15 is 0 Å². The molecule has 4 heteroatoms. The first-order valence-electron chi connectivity index (χ1n) is 7.39. The standard InChI is InChI=1S/C16H23FN2O/c1-11-8-9-12(10-14(11)17)15(16(18)20)19-13-6-4-2-3-5-7-13/h8-10,13,15,19H,2-7H2,1H3,(H2,18,20). The Hall–Kier alpha value is -1.42. The fraction of sp³-hybridized carbons (Fsp3) is 0.562. The van der Waals surface area contributed by atoms with Gasteiger partial charge in [0.05, 0.1) is 0 Å². The van der Waals surface area contributed by atoms with Crippen LogP contribution in [0.15, 0.2) is 18.2 Å². The van der Waals surface area contributed by atoms with Gasteiger partial charge in [-0.25, -0.2) is 4.39 Å². The average molecular weight is 278 g/mol. The molecule has 3 N–H and O–H groups in total. The van der Waals surface area contributed by atoms with Crippen molar-refractivity contribution in [3.05, 3.63) is 35.1 Å². The Morgan fingerprint density at radius 3 is 2.50 bits per heavy atom. The first kappa shape index (κ1) is 15.0. The quantitative estimate of drug-likeness (QED) is 0.832. The van der Waals surface area contributed by atoms with Crippen molar-refractivity contribution >= 4 is 5.91 Å². The minimum Gasteiger partial charge on any atom is -0.368 e. The highest BCUT2D eigenvalue weighted by molar-refractivity contribution is 5.81. The molecule has 1 fully saturated rings. The van der Waals surface area contributed by atoms with Crippen molar-refractivity contribution < 1.29 is 9.18 Å². The molecule has 0 radical (unpaired) electrons. The molecule has 1 aliphatic rings. The fourth-order valence-corrected chi connectivity index (χ4v) is 2.81. The van der Waals surface area contributed by atoms with E-state index in [0.29, 0.717) is 17.2 Å². The van der Waals surface area contributed by atoms with Crippen LogP contribution in [0.3, 0.4) is 0 Å². The Kier molecular flexibility index (Phi) is 5.12. The van der Waals surface area contributed by atoms with Crippen LogP contribution in [0.25, 0.3) is 0 Å². The number of carbonyl (C=O) groups excluding carboxylic acids is 1. The lowest BCUT2D eigenvalue weighted by Gasteiger charge is -2.23. The zero-order chi connectivity index (χ0) is 14.5. The van der Waals surface area contributed by atoms with E-state index in [1.54, 1.807) is 19.1 Å². The Morgan fingerprint density at radius 1 is 1.30 bits per heavy atom. The number of carbonyl (C=O) groups is 1. The van der Waals surface area contributed by atoms with E-state index in [1.807, 2.05) is 0 Å². The smallest absolute Gasteiger partial charge is 0.239 e. The van der Waals surface area contributed by atoms with Crippen LogP contribution >= 0.6 is 0 Å². The average Bonchev–Trinajstić information content (AvgIpc) is 2.67. The fourth-order valence-electron chi connectivity index (χ4n) is 2.81. The van der Waals surface area contributed by atoms with Gasteiger partial charge in [-0.1, -0.05) is 37.8 Å². The number of hydrogen-bond acceptors (Lipinski definition) is 2. The third-order valence-corrected chi connectivity index (χ3v) is 4.07. The molecule has 0 spiro atoms. The maximum atomic E-state index is 13.7. The van der Waals surface area contributed by atoms with Crippen LogP contribution in [0.4, 0.5) is 4.39 Å². The number of halogens is 1. The lowest BCUT2D eigenvalue weighted by atomic mass is 10.0. The molecule has 1 amide bonds.